The van der Waals surface area contributed by atoms with Crippen LogP contribution in [-0.4, -0.2) is 86.0 Å². The number of unbranched alkanes of at least 4 members (excludes halogenated alkanes) is 1. The molecule has 1 aliphatic rings. The molecule has 0 radical (unpaired) electrons. The molecule has 5 amide bonds. The number of hydrogen-bond acceptors (Lipinski definition) is 10. The van der Waals surface area contributed by atoms with Gasteiger partial charge in [-0.2, -0.15) is 0 Å². The van der Waals surface area contributed by atoms with Gasteiger partial charge in [-0.15, -0.1) is 5.75 Å². The first-order chi connectivity index (χ1) is 21.5. The third kappa shape index (κ3) is 12.3. The van der Waals surface area contributed by atoms with Crippen LogP contribution in [0, 0.1) is 0 Å². The molecule has 45 heavy (non-hydrogen) atoms. The summed E-state index contributed by atoms with van der Waals surface area (Å²) in [5, 5.41) is 12.7. The summed E-state index contributed by atoms with van der Waals surface area (Å²) in [6.45, 7) is -1.09. The number of benzene rings is 1. The number of ketones is 1. The predicted octanol–water partition coefficient (Wildman–Crippen LogP) is 0.675. The molecule has 2 heterocycles. The maximum absolute atomic E-state index is 12.9. The van der Waals surface area contributed by atoms with E-state index in [1.54, 1.807) is 47.0 Å². The molecule has 1 atom stereocenters. The number of nitrogens with zero attached hydrogens (tertiary/aromatic N) is 4. The number of fused-ring (bicyclic) bond motifs is 1. The van der Waals surface area contributed by atoms with Crippen LogP contribution in [0.5, 0.6) is 0 Å². The van der Waals surface area contributed by atoms with Crippen molar-refractivity contribution in [3.8, 4) is 0 Å². The van der Waals surface area contributed by atoms with Gasteiger partial charge in [0.15, 0.2) is 0 Å². The van der Waals surface area contributed by atoms with Crippen LogP contribution < -0.4 is 10.0 Å². The summed E-state index contributed by atoms with van der Waals surface area (Å²) in [7, 11) is -3.94. The number of amides is 5. The van der Waals surface area contributed by atoms with Gasteiger partial charge in [0.25, 0.3) is 0 Å². The summed E-state index contributed by atoms with van der Waals surface area (Å²) in [6.07, 6.45) is 0.793. The van der Waals surface area contributed by atoms with E-state index in [2.05, 4.69) is 38.6 Å². The molecule has 2 aromatic rings. The Kier molecular flexibility index (Phi) is 15.8. The summed E-state index contributed by atoms with van der Waals surface area (Å²) >= 11 is 5.37. The van der Waals surface area contributed by atoms with Gasteiger partial charge < -0.3 is 52.8 Å². The molecule has 1 aromatic carbocycles. The molecular formula is C27H30N6O9S2Tc. The second-order valence-electron chi connectivity index (χ2n) is 9.45. The van der Waals surface area contributed by atoms with Crippen LogP contribution in [0.4, 0.5) is 0 Å². The van der Waals surface area contributed by atoms with E-state index in [0.717, 1.165) is 18.9 Å². The minimum atomic E-state index is -3.94. The monoisotopic (exact) mass is 743 g/mol. The maximum atomic E-state index is 12.9. The molecule has 1 aliphatic heterocycles. The van der Waals surface area contributed by atoms with Crippen LogP contribution in [0.2, 0.25) is 0 Å². The molecule has 0 spiro atoms. The van der Waals surface area contributed by atoms with Crippen LogP contribution in [-0.2, 0) is 75.5 Å². The number of carbonyl (C=O) groups is 6. The van der Waals surface area contributed by atoms with E-state index < -0.39 is 65.1 Å². The third-order valence-electron chi connectivity index (χ3n) is 6.32. The Morgan fingerprint density at radius 1 is 0.867 bits per heavy atom. The van der Waals surface area contributed by atoms with Crippen molar-refractivity contribution in [1.82, 2.24) is 14.6 Å². The Bertz CT molecular complexity index is 1480. The van der Waals surface area contributed by atoms with Crippen molar-refractivity contribution in [2.24, 2.45) is 0 Å². The van der Waals surface area contributed by atoms with Gasteiger partial charge in [0, 0.05) is 42.1 Å². The van der Waals surface area contributed by atoms with E-state index in [-0.39, 0.29) is 36.7 Å². The summed E-state index contributed by atoms with van der Waals surface area (Å²) in [4.78, 5) is 71.5. The zero-order valence-electron chi connectivity index (χ0n) is 23.8. The minimum absolute atomic E-state index is 0.113. The first-order valence-corrected chi connectivity index (χ1v) is 16.4. The van der Waals surface area contributed by atoms with Crippen molar-refractivity contribution in [2.75, 3.05) is 37.7 Å². The van der Waals surface area contributed by atoms with Gasteiger partial charge in [0.1, 0.15) is 0 Å². The molecule has 1 unspecified atom stereocenters. The second kappa shape index (κ2) is 18.9. The molecule has 0 saturated carbocycles. The van der Waals surface area contributed by atoms with Crippen molar-refractivity contribution in [3.63, 3.8) is 0 Å². The zero-order chi connectivity index (χ0) is 33.4. The van der Waals surface area contributed by atoms with E-state index in [0.29, 0.717) is 29.9 Å². The standard InChI is InChI=1S/C27H34N6O8S2.O.Tc/c34-22(14-29-23(35)15-30-24(36)16-31-25(37)17-42)28-11-4-5-13-43(40,41)32-27(39)19-10-12-33-20(19)8-9-21(33)26(38)18-6-2-1-3-7-18;;/h1-3,6-9,19H,4-5,10-17H2,(H6,28,29,30,31,32,34,35,36,37,39,42);;/q;;+4/p-4. The van der Waals surface area contributed by atoms with E-state index in [1.807, 2.05) is 0 Å². The molecule has 3 rings (SSSR count). The van der Waals surface area contributed by atoms with Crippen molar-refractivity contribution in [1.29, 1.82) is 0 Å². The molecule has 2 N–H and O–H groups in total. The van der Waals surface area contributed by atoms with Gasteiger partial charge in [-0.25, -0.2) is 8.42 Å². The van der Waals surface area contributed by atoms with Crippen LogP contribution in [0.25, 0.3) is 16.0 Å². The molecule has 0 fully saturated rings. The summed E-state index contributed by atoms with van der Waals surface area (Å²) in [5.74, 6) is -4.99. The van der Waals surface area contributed by atoms with Gasteiger partial charge >= 0.3 is 22.4 Å². The van der Waals surface area contributed by atoms with Crippen LogP contribution >= 0.6 is 0 Å². The Labute approximate surface area is 275 Å². The van der Waals surface area contributed by atoms with Crippen molar-refractivity contribution >= 4 is 58.0 Å². The van der Waals surface area contributed by atoms with Gasteiger partial charge in [-0.1, -0.05) is 43.4 Å². The Balaban J connectivity index is 0.00000345. The van der Waals surface area contributed by atoms with Gasteiger partial charge in [-0.05, 0) is 37.9 Å². The van der Waals surface area contributed by atoms with Crippen molar-refractivity contribution in [2.45, 2.75) is 31.7 Å². The predicted molar refractivity (Wildman–Crippen MR) is 158 cm³/mol. The Morgan fingerprint density at radius 3 is 2.13 bits per heavy atom. The van der Waals surface area contributed by atoms with Crippen molar-refractivity contribution in [3.05, 3.63) is 75.4 Å². The molecule has 18 heteroatoms. The van der Waals surface area contributed by atoms with E-state index in [4.69, 9.17) is 3.50 Å². The van der Waals surface area contributed by atoms with Gasteiger partial charge in [-0.3, -0.25) is 19.1 Å². The number of rotatable bonds is 16. The first kappa shape index (κ1) is 37.5. The molecule has 241 valence electrons. The molecule has 0 bridgehead atoms. The zero-order valence-corrected chi connectivity index (χ0v) is 27.3. The number of sulfonamides is 1. The Morgan fingerprint density at radius 2 is 1.49 bits per heavy atom. The summed E-state index contributed by atoms with van der Waals surface area (Å²) in [6, 6.07) is 12.0. The van der Waals surface area contributed by atoms with Crippen LogP contribution in [0.1, 0.15) is 46.9 Å². The van der Waals surface area contributed by atoms with Crippen LogP contribution in [0.15, 0.2) is 42.5 Å². The first-order valence-electron chi connectivity index (χ1n) is 13.5. The molecular weight excluding hydrogens is 714 g/mol. The number of hydrogen-bond donors (Lipinski definition) is 2. The molecule has 1 aromatic heterocycles. The average Bonchev–Trinajstić information content (AvgIpc) is 3.65. The quantitative estimate of drug-likeness (QED) is 0.139. The summed E-state index contributed by atoms with van der Waals surface area (Å²) < 4.78 is 37.1. The normalized spacial score (nSPS) is 13.4. The fraction of sp³-hybridized carbons (Fsp3) is 0.407. The topological polar surface area (TPSA) is 225 Å². The molecule has 15 nitrogen and oxygen atoms in total. The van der Waals surface area contributed by atoms with Gasteiger partial charge in [0.05, 0.1) is 17.4 Å². The third-order valence-corrected chi connectivity index (χ3v) is 7.91. The van der Waals surface area contributed by atoms with Gasteiger partial charge in [0.2, 0.25) is 27.6 Å². The van der Waals surface area contributed by atoms with E-state index in [9.17, 15) is 37.2 Å². The van der Waals surface area contributed by atoms with Crippen LogP contribution in [0.3, 0.4) is 0 Å². The molecule has 0 saturated heterocycles. The number of carbonyl (C=O) groups excluding carboxylic acids is 6. The number of nitrogens with one attached hydrogen (secondary N) is 2. The fourth-order valence-corrected chi connectivity index (χ4v) is 5.46. The van der Waals surface area contributed by atoms with E-state index >= 15 is 0 Å². The molecule has 0 aliphatic carbocycles. The second-order valence-corrected chi connectivity index (χ2v) is 11.6. The summed E-state index contributed by atoms with van der Waals surface area (Å²) in [5.41, 5.74) is 1.53. The average molecular weight is 745 g/mol. The fourth-order valence-electron chi connectivity index (χ4n) is 4.24. The van der Waals surface area contributed by atoms with E-state index in [1.165, 1.54) is 0 Å². The van der Waals surface area contributed by atoms with Crippen molar-refractivity contribution < 1.29 is 59.5 Å². The SMILES string of the molecule is O=C(C[S-])[N-]CC(=O)[N-]CC(=O)[N-]CC(=O)NCCCCS(=O)(=O)NC(=O)C1CCn2c(C(=O)c3ccccc3)ccc21.[O]=[Tc+4]. The number of aromatic nitrogens is 1. The Hall–Kier alpha value is -3.73.